The number of carboxylic acid groups (broad SMARTS) is 1. The minimum Gasteiger partial charge on any atom is -0.465 e. The van der Waals surface area contributed by atoms with Gasteiger partial charge in [0.25, 0.3) is 0 Å². The summed E-state index contributed by atoms with van der Waals surface area (Å²) in [5.74, 6) is 0.107. The highest BCUT2D eigenvalue weighted by Crippen LogP contribution is 2.55. The van der Waals surface area contributed by atoms with Crippen molar-refractivity contribution in [1.29, 1.82) is 0 Å². The Hall–Kier alpha value is -2.24. The molecular formula is C16H19N3O3. The molecule has 2 N–H and O–H groups in total. The zero-order valence-corrected chi connectivity index (χ0v) is 12.5. The maximum absolute atomic E-state index is 12.1. The number of rotatable bonds is 2. The summed E-state index contributed by atoms with van der Waals surface area (Å²) in [6.07, 6.45) is 2.55. The van der Waals surface area contributed by atoms with Gasteiger partial charge in [0.05, 0.1) is 5.41 Å². The first-order valence-electron chi connectivity index (χ1n) is 7.71. The first-order chi connectivity index (χ1) is 10.5. The Labute approximate surface area is 128 Å². The second kappa shape index (κ2) is 4.38. The van der Waals surface area contributed by atoms with Crippen LogP contribution in [0.15, 0.2) is 18.2 Å². The fourth-order valence-corrected chi connectivity index (χ4v) is 3.81. The SMILES string of the molecule is CN(c1ccc2c(c1)NC(=O)C21CC1)C1CCCN1C(=O)O. The van der Waals surface area contributed by atoms with Crippen LogP contribution in [0.4, 0.5) is 16.2 Å². The van der Waals surface area contributed by atoms with E-state index >= 15 is 0 Å². The molecule has 2 fully saturated rings. The third-order valence-electron chi connectivity index (χ3n) is 5.27. The van der Waals surface area contributed by atoms with Gasteiger partial charge in [-0.1, -0.05) is 6.07 Å². The average molecular weight is 301 g/mol. The first-order valence-corrected chi connectivity index (χ1v) is 7.71. The molecule has 2 aliphatic heterocycles. The lowest BCUT2D eigenvalue weighted by atomic mass is 9.97. The summed E-state index contributed by atoms with van der Waals surface area (Å²) in [5, 5.41) is 12.3. The van der Waals surface area contributed by atoms with Gasteiger partial charge < -0.3 is 15.3 Å². The van der Waals surface area contributed by atoms with Gasteiger partial charge in [-0.05, 0) is 43.4 Å². The third kappa shape index (κ3) is 1.73. The largest absolute Gasteiger partial charge is 0.465 e. The monoisotopic (exact) mass is 301 g/mol. The summed E-state index contributed by atoms with van der Waals surface area (Å²) in [6, 6.07) is 5.99. The Balaban J connectivity index is 1.63. The van der Waals surface area contributed by atoms with Crippen LogP contribution < -0.4 is 10.2 Å². The molecule has 0 bridgehead atoms. The minimum absolute atomic E-state index is 0.107. The maximum Gasteiger partial charge on any atom is 0.408 e. The van der Waals surface area contributed by atoms with Crippen LogP contribution in [0.25, 0.3) is 0 Å². The molecule has 0 radical (unpaired) electrons. The average Bonchev–Trinajstić information content (AvgIpc) is 3.05. The van der Waals surface area contributed by atoms with E-state index in [1.54, 1.807) is 0 Å². The van der Waals surface area contributed by atoms with Gasteiger partial charge in [0.1, 0.15) is 6.17 Å². The number of hydrogen-bond donors (Lipinski definition) is 2. The van der Waals surface area contributed by atoms with Crippen molar-refractivity contribution in [3.05, 3.63) is 23.8 Å². The number of carbonyl (C=O) groups excluding carboxylic acids is 1. The number of benzene rings is 1. The fourth-order valence-electron chi connectivity index (χ4n) is 3.81. The van der Waals surface area contributed by atoms with Gasteiger partial charge in [0.15, 0.2) is 0 Å². The second-order valence-electron chi connectivity index (χ2n) is 6.48. The maximum atomic E-state index is 12.1. The number of anilines is 2. The van der Waals surface area contributed by atoms with Gasteiger partial charge in [-0.2, -0.15) is 0 Å². The second-order valence-corrected chi connectivity index (χ2v) is 6.48. The van der Waals surface area contributed by atoms with Crippen molar-refractivity contribution in [2.24, 2.45) is 0 Å². The van der Waals surface area contributed by atoms with Crippen molar-refractivity contribution in [3.8, 4) is 0 Å². The summed E-state index contributed by atoms with van der Waals surface area (Å²) in [7, 11) is 1.91. The smallest absolute Gasteiger partial charge is 0.408 e. The van der Waals surface area contributed by atoms with Crippen LogP contribution in [-0.4, -0.2) is 41.8 Å². The Morgan fingerprint density at radius 2 is 2.23 bits per heavy atom. The van der Waals surface area contributed by atoms with Gasteiger partial charge in [-0.3, -0.25) is 9.69 Å². The molecule has 2 amide bonds. The molecule has 2 heterocycles. The molecule has 1 saturated carbocycles. The van der Waals surface area contributed by atoms with Gasteiger partial charge >= 0.3 is 6.09 Å². The number of nitrogens with zero attached hydrogens (tertiary/aromatic N) is 2. The Morgan fingerprint density at radius 1 is 1.45 bits per heavy atom. The van der Waals surface area contributed by atoms with Crippen LogP contribution in [0.3, 0.4) is 0 Å². The van der Waals surface area contributed by atoms with Gasteiger partial charge in [0.2, 0.25) is 5.91 Å². The van der Waals surface area contributed by atoms with Gasteiger partial charge in [0, 0.05) is 25.0 Å². The fraction of sp³-hybridized carbons (Fsp3) is 0.500. The Bertz CT molecular complexity index is 669. The van der Waals surface area contributed by atoms with E-state index in [2.05, 4.69) is 5.32 Å². The number of amides is 2. The molecule has 1 saturated heterocycles. The molecule has 3 aliphatic rings. The van der Waals surface area contributed by atoms with Crippen LogP contribution in [0.1, 0.15) is 31.2 Å². The first kappa shape index (κ1) is 13.4. The van der Waals surface area contributed by atoms with E-state index < -0.39 is 6.09 Å². The van der Waals surface area contributed by atoms with E-state index in [4.69, 9.17) is 0 Å². The van der Waals surface area contributed by atoms with Crippen LogP contribution in [0.2, 0.25) is 0 Å². The van der Waals surface area contributed by atoms with E-state index in [1.165, 1.54) is 4.90 Å². The lowest BCUT2D eigenvalue weighted by Gasteiger charge is -2.32. The lowest BCUT2D eigenvalue weighted by molar-refractivity contribution is -0.117. The minimum atomic E-state index is -0.874. The number of nitrogens with one attached hydrogen (secondary N) is 1. The summed E-state index contributed by atoms with van der Waals surface area (Å²) in [5.41, 5.74) is 2.64. The van der Waals surface area contributed by atoms with Crippen molar-refractivity contribution in [2.75, 3.05) is 23.8 Å². The Kier molecular flexibility index (Phi) is 2.67. The van der Waals surface area contributed by atoms with E-state index in [-0.39, 0.29) is 17.5 Å². The summed E-state index contributed by atoms with van der Waals surface area (Å²) in [4.78, 5) is 26.9. The van der Waals surface area contributed by atoms with Crippen molar-refractivity contribution in [2.45, 2.75) is 37.3 Å². The van der Waals surface area contributed by atoms with Crippen LogP contribution in [0, 0.1) is 0 Å². The normalized spacial score (nSPS) is 24.3. The van der Waals surface area contributed by atoms with Gasteiger partial charge in [-0.25, -0.2) is 4.79 Å². The molecule has 1 aliphatic carbocycles. The quantitative estimate of drug-likeness (QED) is 0.878. The van der Waals surface area contributed by atoms with Gasteiger partial charge in [-0.15, -0.1) is 0 Å². The number of carbonyl (C=O) groups is 2. The highest BCUT2D eigenvalue weighted by molar-refractivity contribution is 6.08. The molecule has 1 atom stereocenters. The lowest BCUT2D eigenvalue weighted by Crippen LogP contribution is -2.45. The summed E-state index contributed by atoms with van der Waals surface area (Å²) < 4.78 is 0. The van der Waals surface area contributed by atoms with E-state index in [9.17, 15) is 14.7 Å². The summed E-state index contributed by atoms with van der Waals surface area (Å²) >= 11 is 0. The van der Waals surface area contributed by atoms with Crippen LogP contribution in [-0.2, 0) is 10.2 Å². The zero-order valence-electron chi connectivity index (χ0n) is 12.5. The topological polar surface area (TPSA) is 72.9 Å². The molecule has 1 spiro atoms. The third-order valence-corrected chi connectivity index (χ3v) is 5.27. The molecular weight excluding hydrogens is 282 g/mol. The molecule has 1 unspecified atom stereocenters. The molecule has 6 heteroatoms. The predicted octanol–water partition coefficient (Wildman–Crippen LogP) is 2.21. The number of fused-ring (bicyclic) bond motifs is 2. The summed E-state index contributed by atoms with van der Waals surface area (Å²) in [6.45, 7) is 0.578. The van der Waals surface area contributed by atoms with Crippen molar-refractivity contribution < 1.29 is 14.7 Å². The van der Waals surface area contributed by atoms with E-state index in [0.717, 1.165) is 42.6 Å². The molecule has 0 aromatic heterocycles. The zero-order chi connectivity index (χ0) is 15.5. The highest BCUT2D eigenvalue weighted by atomic mass is 16.4. The molecule has 116 valence electrons. The number of likely N-dealkylation sites (tertiary alicyclic amines) is 1. The highest BCUT2D eigenvalue weighted by Gasteiger charge is 2.56. The molecule has 22 heavy (non-hydrogen) atoms. The standard InChI is InChI=1S/C16H19N3O3/c1-18(13-3-2-8-19(13)15(21)22)10-4-5-11-12(9-10)17-14(20)16(11)6-7-16/h4-5,9,13H,2-3,6-8H2,1H3,(H,17,20)(H,21,22). The van der Waals surface area contributed by atoms with Crippen molar-refractivity contribution in [3.63, 3.8) is 0 Å². The Morgan fingerprint density at radius 3 is 2.91 bits per heavy atom. The van der Waals surface area contributed by atoms with E-state index in [0.29, 0.717) is 6.54 Å². The predicted molar refractivity (Wildman–Crippen MR) is 82.1 cm³/mol. The number of hydrogen-bond acceptors (Lipinski definition) is 3. The van der Waals surface area contributed by atoms with Crippen molar-refractivity contribution >= 4 is 23.4 Å². The molecule has 1 aromatic rings. The molecule has 1 aromatic carbocycles. The molecule has 6 nitrogen and oxygen atoms in total. The van der Waals surface area contributed by atoms with Crippen LogP contribution in [0.5, 0.6) is 0 Å². The van der Waals surface area contributed by atoms with Crippen LogP contribution >= 0.6 is 0 Å². The molecule has 4 rings (SSSR count). The van der Waals surface area contributed by atoms with Crippen molar-refractivity contribution in [1.82, 2.24) is 4.90 Å². The van der Waals surface area contributed by atoms with E-state index in [1.807, 2.05) is 30.1 Å².